The van der Waals surface area contributed by atoms with Crippen molar-refractivity contribution in [3.63, 3.8) is 0 Å². The van der Waals surface area contributed by atoms with Crippen LogP contribution in [-0.2, 0) is 17.4 Å². The zero-order chi connectivity index (χ0) is 14.8. The van der Waals surface area contributed by atoms with E-state index in [1.54, 1.807) is 12.1 Å². The van der Waals surface area contributed by atoms with Crippen LogP contribution in [0.1, 0.15) is 16.1 Å². The first kappa shape index (κ1) is 14.4. The number of aryl methyl sites for hydroxylation is 1. The highest BCUT2D eigenvalue weighted by Crippen LogP contribution is 2.32. The van der Waals surface area contributed by atoms with Crippen LogP contribution in [0.3, 0.4) is 0 Å². The lowest BCUT2D eigenvalue weighted by atomic mass is 10.1. The second-order valence-corrected chi connectivity index (χ2v) is 5.10. The molecule has 0 bridgehead atoms. The summed E-state index contributed by atoms with van der Waals surface area (Å²) in [6.07, 6.45) is -4.47. The Kier molecular flexibility index (Phi) is 4.03. The van der Waals surface area contributed by atoms with Crippen molar-refractivity contribution in [3.8, 4) is 0 Å². The average Bonchev–Trinajstić information content (AvgIpc) is 2.80. The second-order valence-electron chi connectivity index (χ2n) is 4.12. The summed E-state index contributed by atoms with van der Waals surface area (Å²) >= 11 is 0.302. The van der Waals surface area contributed by atoms with Crippen LogP contribution in [0.25, 0.3) is 0 Å². The van der Waals surface area contributed by atoms with Gasteiger partial charge in [-0.3, -0.25) is 4.79 Å². The van der Waals surface area contributed by atoms with Gasteiger partial charge in [0.25, 0.3) is 0 Å². The molecule has 0 saturated carbocycles. The molecule has 0 aliphatic carbocycles. The molecule has 0 fully saturated rings. The molecule has 0 radical (unpaired) electrons. The number of hydrogen-bond donors (Lipinski definition) is 1. The zero-order valence-electron chi connectivity index (χ0n) is 10.4. The Morgan fingerprint density at radius 3 is 2.45 bits per heavy atom. The third-order valence-electron chi connectivity index (χ3n) is 2.40. The molecule has 0 unspecified atom stereocenters. The van der Waals surface area contributed by atoms with E-state index in [1.807, 2.05) is 19.1 Å². The van der Waals surface area contributed by atoms with Crippen LogP contribution in [-0.4, -0.2) is 16.1 Å². The number of aromatic nitrogens is 2. The lowest BCUT2D eigenvalue weighted by molar-refractivity contribution is -0.138. The normalized spacial score (nSPS) is 11.4. The number of nitrogens with one attached hydrogen (secondary N) is 1. The van der Waals surface area contributed by atoms with Crippen molar-refractivity contribution in [2.24, 2.45) is 0 Å². The fourth-order valence-electron chi connectivity index (χ4n) is 1.44. The van der Waals surface area contributed by atoms with Gasteiger partial charge < -0.3 is 5.32 Å². The number of rotatable bonds is 3. The molecule has 20 heavy (non-hydrogen) atoms. The van der Waals surface area contributed by atoms with E-state index in [2.05, 4.69) is 15.5 Å². The Morgan fingerprint density at radius 1 is 1.25 bits per heavy atom. The van der Waals surface area contributed by atoms with E-state index in [0.29, 0.717) is 11.3 Å². The summed E-state index contributed by atoms with van der Waals surface area (Å²) in [6, 6.07) is 7.29. The van der Waals surface area contributed by atoms with E-state index < -0.39 is 17.1 Å². The number of amides is 1. The monoisotopic (exact) mass is 301 g/mol. The molecule has 2 rings (SSSR count). The van der Waals surface area contributed by atoms with Crippen molar-refractivity contribution >= 4 is 22.4 Å². The molecule has 1 aromatic carbocycles. The zero-order valence-corrected chi connectivity index (χ0v) is 11.2. The van der Waals surface area contributed by atoms with Gasteiger partial charge in [0.2, 0.25) is 16.0 Å². The summed E-state index contributed by atoms with van der Waals surface area (Å²) in [5.74, 6) is -0.432. The van der Waals surface area contributed by atoms with Crippen LogP contribution in [0.15, 0.2) is 24.3 Å². The van der Waals surface area contributed by atoms with E-state index in [0.717, 1.165) is 11.1 Å². The standard InChI is InChI=1S/C12H10F3N3OS/c1-7-2-4-8(5-3-7)6-9(19)16-11-18-17-10(20-11)12(13,14)15/h2-5H,6H2,1H3,(H,16,18,19). The van der Waals surface area contributed by atoms with Gasteiger partial charge in [0.1, 0.15) is 0 Å². The van der Waals surface area contributed by atoms with Gasteiger partial charge in [0.15, 0.2) is 0 Å². The van der Waals surface area contributed by atoms with Crippen LogP contribution < -0.4 is 5.32 Å². The van der Waals surface area contributed by atoms with Gasteiger partial charge in [0.05, 0.1) is 6.42 Å². The number of anilines is 1. The summed E-state index contributed by atoms with van der Waals surface area (Å²) in [6.45, 7) is 1.92. The van der Waals surface area contributed by atoms with Crippen molar-refractivity contribution in [2.75, 3.05) is 5.32 Å². The van der Waals surface area contributed by atoms with Gasteiger partial charge in [-0.25, -0.2) is 0 Å². The summed E-state index contributed by atoms with van der Waals surface area (Å²) in [4.78, 5) is 11.7. The Hall–Kier alpha value is -1.96. The van der Waals surface area contributed by atoms with Gasteiger partial charge in [-0.1, -0.05) is 41.2 Å². The number of carbonyl (C=O) groups excluding carboxylic acids is 1. The molecular weight excluding hydrogens is 291 g/mol. The first-order valence-corrected chi connectivity index (χ1v) is 6.42. The van der Waals surface area contributed by atoms with E-state index in [4.69, 9.17) is 0 Å². The maximum absolute atomic E-state index is 12.3. The highest BCUT2D eigenvalue weighted by Gasteiger charge is 2.35. The van der Waals surface area contributed by atoms with E-state index in [9.17, 15) is 18.0 Å². The number of benzene rings is 1. The number of alkyl halides is 3. The third kappa shape index (κ3) is 3.77. The fourth-order valence-corrected chi connectivity index (χ4v) is 2.07. The third-order valence-corrected chi connectivity index (χ3v) is 3.28. The first-order chi connectivity index (χ1) is 9.34. The number of nitrogens with zero attached hydrogens (tertiary/aromatic N) is 2. The fraction of sp³-hybridized carbons (Fsp3) is 0.250. The number of halogens is 3. The summed E-state index contributed by atoms with van der Waals surface area (Å²) in [5, 5.41) is 7.35. The molecule has 4 nitrogen and oxygen atoms in total. The Morgan fingerprint density at radius 2 is 1.90 bits per heavy atom. The minimum Gasteiger partial charge on any atom is -0.300 e. The minimum absolute atomic E-state index is 0.0706. The van der Waals surface area contributed by atoms with Crippen molar-refractivity contribution in [3.05, 3.63) is 40.4 Å². The average molecular weight is 301 g/mol. The molecular formula is C12H10F3N3OS. The topological polar surface area (TPSA) is 54.9 Å². The van der Waals surface area contributed by atoms with E-state index in [-0.39, 0.29) is 11.6 Å². The van der Waals surface area contributed by atoms with Gasteiger partial charge >= 0.3 is 6.18 Å². The van der Waals surface area contributed by atoms with Gasteiger partial charge in [-0.05, 0) is 12.5 Å². The molecule has 1 N–H and O–H groups in total. The van der Waals surface area contributed by atoms with Gasteiger partial charge in [0, 0.05) is 0 Å². The Balaban J connectivity index is 1.98. The van der Waals surface area contributed by atoms with Crippen LogP contribution in [0.2, 0.25) is 0 Å². The summed E-state index contributed by atoms with van der Waals surface area (Å²) in [5.41, 5.74) is 1.83. The van der Waals surface area contributed by atoms with E-state index in [1.165, 1.54) is 0 Å². The van der Waals surface area contributed by atoms with Crippen molar-refractivity contribution < 1.29 is 18.0 Å². The molecule has 0 atom stereocenters. The first-order valence-electron chi connectivity index (χ1n) is 5.61. The Labute approximate surface area is 116 Å². The number of carbonyl (C=O) groups is 1. The molecule has 8 heteroatoms. The molecule has 0 spiro atoms. The Bertz CT molecular complexity index is 607. The number of hydrogen-bond acceptors (Lipinski definition) is 4. The molecule has 1 heterocycles. The lowest BCUT2D eigenvalue weighted by Crippen LogP contribution is -2.14. The summed E-state index contributed by atoms with van der Waals surface area (Å²) < 4.78 is 37.0. The van der Waals surface area contributed by atoms with Crippen LogP contribution in [0, 0.1) is 6.92 Å². The van der Waals surface area contributed by atoms with Crippen LogP contribution in [0.4, 0.5) is 18.3 Å². The van der Waals surface area contributed by atoms with Crippen molar-refractivity contribution in [1.82, 2.24) is 10.2 Å². The molecule has 0 aliphatic heterocycles. The maximum Gasteiger partial charge on any atom is 0.445 e. The molecule has 1 amide bonds. The molecule has 0 saturated heterocycles. The van der Waals surface area contributed by atoms with Crippen LogP contribution >= 0.6 is 11.3 Å². The largest absolute Gasteiger partial charge is 0.445 e. The van der Waals surface area contributed by atoms with Crippen molar-refractivity contribution in [1.29, 1.82) is 0 Å². The predicted octanol–water partition coefficient (Wildman–Crippen LogP) is 3.05. The van der Waals surface area contributed by atoms with Crippen LogP contribution in [0.5, 0.6) is 0 Å². The van der Waals surface area contributed by atoms with Gasteiger partial charge in [-0.2, -0.15) is 13.2 Å². The SMILES string of the molecule is Cc1ccc(CC(=O)Nc2nnc(C(F)(F)F)s2)cc1. The lowest BCUT2D eigenvalue weighted by Gasteiger charge is -2.02. The second kappa shape index (κ2) is 5.58. The minimum atomic E-state index is -4.54. The molecule has 106 valence electrons. The molecule has 2 aromatic rings. The summed E-state index contributed by atoms with van der Waals surface area (Å²) in [7, 11) is 0. The molecule has 1 aromatic heterocycles. The maximum atomic E-state index is 12.3. The smallest absolute Gasteiger partial charge is 0.300 e. The predicted molar refractivity (Wildman–Crippen MR) is 68.4 cm³/mol. The van der Waals surface area contributed by atoms with Crippen molar-refractivity contribution in [2.45, 2.75) is 19.5 Å². The highest BCUT2D eigenvalue weighted by molar-refractivity contribution is 7.15. The van der Waals surface area contributed by atoms with E-state index >= 15 is 0 Å². The quantitative estimate of drug-likeness (QED) is 0.948. The molecule has 0 aliphatic rings. The highest BCUT2D eigenvalue weighted by atomic mass is 32.1. The van der Waals surface area contributed by atoms with Gasteiger partial charge in [-0.15, -0.1) is 10.2 Å².